The second-order valence-electron chi connectivity index (χ2n) is 8.63. The van der Waals surface area contributed by atoms with E-state index in [1.165, 1.54) is 6.07 Å². The number of hydrogen-bond donors (Lipinski definition) is 3. The van der Waals surface area contributed by atoms with Gasteiger partial charge in [-0.2, -0.15) is 0 Å². The first-order valence-corrected chi connectivity index (χ1v) is 9.96. The molecule has 0 aromatic heterocycles. The van der Waals surface area contributed by atoms with Crippen molar-refractivity contribution in [3.63, 3.8) is 0 Å². The van der Waals surface area contributed by atoms with E-state index in [-0.39, 0.29) is 11.8 Å². The number of alkyl halides is 3. The molecule has 2 aliphatic rings. The number of fused-ring (bicyclic) bond motifs is 1. The maximum absolute atomic E-state index is 14.5. The summed E-state index contributed by atoms with van der Waals surface area (Å²) in [6.07, 6.45) is -1.03. The monoisotopic (exact) mass is 431 g/mol. The summed E-state index contributed by atoms with van der Waals surface area (Å²) in [5.74, 6) is -5.37. The van der Waals surface area contributed by atoms with Crippen LogP contribution in [0.4, 0.5) is 17.6 Å². The number of rotatable bonds is 6. The lowest BCUT2D eigenvalue weighted by Crippen LogP contribution is -2.68. The maximum atomic E-state index is 14.5. The topological polar surface area (TPSA) is 59.6 Å². The van der Waals surface area contributed by atoms with Crippen molar-refractivity contribution in [1.29, 1.82) is 0 Å². The van der Waals surface area contributed by atoms with E-state index in [4.69, 9.17) is 0 Å². The van der Waals surface area contributed by atoms with E-state index in [2.05, 4.69) is 16.1 Å². The molecule has 1 amide bonds. The van der Waals surface area contributed by atoms with Gasteiger partial charge in [-0.05, 0) is 37.7 Å². The third-order valence-electron chi connectivity index (χ3n) is 5.72. The number of hydrogen-bond acceptors (Lipinski definition) is 5. The summed E-state index contributed by atoms with van der Waals surface area (Å²) in [5.41, 5.74) is 2.86. The molecule has 6 nitrogen and oxygen atoms in total. The van der Waals surface area contributed by atoms with Gasteiger partial charge in [0.05, 0.1) is 29.7 Å². The third-order valence-corrected chi connectivity index (χ3v) is 5.72. The number of carbonyl (C=O) groups is 1. The lowest BCUT2D eigenvalue weighted by molar-refractivity contribution is -0.133. The standard InChI is InChI=1S/C20H29F4N5O/c1-10(2)16(11-6-7-12(13(22)8-11)20(3,23)24)29-17-15(14(9-21)27-29)18(30)26-19(25-17)28(4)5/h6-8,10,14-17,19,25,27H,9H2,1-5H3,(H,26,30). The maximum Gasteiger partial charge on any atom is 0.273 e. The molecule has 3 N–H and O–H groups in total. The molecule has 2 fully saturated rings. The number of benzene rings is 1. The Labute approximate surface area is 173 Å². The summed E-state index contributed by atoms with van der Waals surface area (Å²) in [4.78, 5) is 14.5. The van der Waals surface area contributed by atoms with Gasteiger partial charge in [0.15, 0.2) is 0 Å². The molecule has 0 radical (unpaired) electrons. The van der Waals surface area contributed by atoms with Crippen LogP contribution in [0.3, 0.4) is 0 Å². The Morgan fingerprint density at radius 3 is 2.43 bits per heavy atom. The zero-order chi connectivity index (χ0) is 22.4. The van der Waals surface area contributed by atoms with Crippen LogP contribution < -0.4 is 16.1 Å². The summed E-state index contributed by atoms with van der Waals surface area (Å²) in [7, 11) is 3.58. The van der Waals surface area contributed by atoms with Gasteiger partial charge in [-0.1, -0.05) is 19.9 Å². The van der Waals surface area contributed by atoms with Crippen LogP contribution in [-0.2, 0) is 10.7 Å². The van der Waals surface area contributed by atoms with Crippen molar-refractivity contribution in [2.45, 2.75) is 51.2 Å². The molecule has 10 heteroatoms. The molecule has 5 atom stereocenters. The van der Waals surface area contributed by atoms with E-state index in [1.54, 1.807) is 24.0 Å². The second kappa shape index (κ2) is 8.41. The van der Waals surface area contributed by atoms with Crippen molar-refractivity contribution < 1.29 is 22.4 Å². The van der Waals surface area contributed by atoms with Crippen LogP contribution in [0.15, 0.2) is 18.2 Å². The fraction of sp³-hybridized carbons (Fsp3) is 0.650. The van der Waals surface area contributed by atoms with Gasteiger partial charge >= 0.3 is 0 Å². The summed E-state index contributed by atoms with van der Waals surface area (Å²) in [5, 5.41) is 7.83. The van der Waals surface area contributed by atoms with Crippen LogP contribution in [0.25, 0.3) is 0 Å². The summed E-state index contributed by atoms with van der Waals surface area (Å²) < 4.78 is 55.5. The Bertz CT molecular complexity index is 785. The van der Waals surface area contributed by atoms with Gasteiger partial charge in [-0.25, -0.2) is 28.0 Å². The molecule has 0 saturated carbocycles. The van der Waals surface area contributed by atoms with Crippen LogP contribution in [0, 0.1) is 17.7 Å². The largest absolute Gasteiger partial charge is 0.327 e. The molecule has 1 aromatic rings. The number of nitrogens with one attached hydrogen (secondary N) is 3. The molecule has 2 heterocycles. The van der Waals surface area contributed by atoms with Crippen molar-refractivity contribution in [1.82, 2.24) is 26.0 Å². The van der Waals surface area contributed by atoms with Gasteiger partial charge in [0.1, 0.15) is 18.8 Å². The predicted molar refractivity (Wildman–Crippen MR) is 104 cm³/mol. The molecule has 30 heavy (non-hydrogen) atoms. The summed E-state index contributed by atoms with van der Waals surface area (Å²) in [6, 6.07) is 2.42. The van der Waals surface area contributed by atoms with Gasteiger partial charge in [0, 0.05) is 6.92 Å². The third kappa shape index (κ3) is 4.18. The highest BCUT2D eigenvalue weighted by Gasteiger charge is 2.52. The minimum atomic E-state index is -3.30. The average Bonchev–Trinajstić information content (AvgIpc) is 2.99. The van der Waals surface area contributed by atoms with E-state index < -0.39 is 54.4 Å². The van der Waals surface area contributed by atoms with Crippen LogP contribution >= 0.6 is 0 Å². The van der Waals surface area contributed by atoms with E-state index in [9.17, 15) is 22.4 Å². The highest BCUT2D eigenvalue weighted by atomic mass is 19.3. The molecule has 0 spiro atoms. The molecule has 2 saturated heterocycles. The molecule has 0 aliphatic carbocycles. The van der Waals surface area contributed by atoms with Gasteiger partial charge < -0.3 is 5.32 Å². The van der Waals surface area contributed by atoms with Crippen molar-refractivity contribution in [2.24, 2.45) is 11.8 Å². The fourth-order valence-electron chi connectivity index (χ4n) is 4.29. The van der Waals surface area contributed by atoms with E-state index in [0.29, 0.717) is 12.5 Å². The first-order valence-electron chi connectivity index (χ1n) is 9.96. The Morgan fingerprint density at radius 2 is 1.93 bits per heavy atom. The molecule has 2 aliphatic heterocycles. The number of nitrogens with zero attached hydrogens (tertiary/aromatic N) is 2. The van der Waals surface area contributed by atoms with Crippen LogP contribution in [0.2, 0.25) is 0 Å². The molecule has 168 valence electrons. The normalized spacial score (nSPS) is 28.7. The number of carbonyl (C=O) groups excluding carboxylic acids is 1. The zero-order valence-electron chi connectivity index (χ0n) is 17.7. The zero-order valence-corrected chi connectivity index (χ0v) is 17.7. The lowest BCUT2D eigenvalue weighted by atomic mass is 9.91. The van der Waals surface area contributed by atoms with E-state index >= 15 is 0 Å². The van der Waals surface area contributed by atoms with Gasteiger partial charge in [0.25, 0.3) is 5.92 Å². The Balaban J connectivity index is 1.99. The molecule has 3 rings (SSSR count). The molecule has 5 unspecified atom stereocenters. The summed E-state index contributed by atoms with van der Waals surface area (Å²) in [6.45, 7) is 3.68. The van der Waals surface area contributed by atoms with E-state index in [1.807, 2.05) is 13.8 Å². The molecule has 1 aromatic carbocycles. The van der Waals surface area contributed by atoms with Crippen molar-refractivity contribution in [3.05, 3.63) is 35.1 Å². The van der Waals surface area contributed by atoms with Crippen molar-refractivity contribution >= 4 is 5.91 Å². The van der Waals surface area contributed by atoms with Gasteiger partial charge in [-0.15, -0.1) is 0 Å². The number of hydrazine groups is 1. The lowest BCUT2D eigenvalue weighted by Gasteiger charge is -2.42. The predicted octanol–water partition coefficient (Wildman–Crippen LogP) is 2.30. The number of halogens is 4. The first-order chi connectivity index (χ1) is 14.0. The fourth-order valence-corrected chi connectivity index (χ4v) is 4.29. The minimum absolute atomic E-state index is 0.0894. The number of amides is 1. The Kier molecular flexibility index (Phi) is 6.43. The SMILES string of the molecule is CC(C)C(c1ccc(C(C)(F)F)c(F)c1)N1NC(CF)C2C(=O)NC(N(C)C)NC21. The Hall–Kier alpha value is -1.75. The Morgan fingerprint density at radius 1 is 1.27 bits per heavy atom. The van der Waals surface area contributed by atoms with E-state index in [0.717, 1.165) is 12.1 Å². The summed E-state index contributed by atoms with van der Waals surface area (Å²) >= 11 is 0. The highest BCUT2D eigenvalue weighted by Crippen LogP contribution is 2.38. The smallest absolute Gasteiger partial charge is 0.273 e. The van der Waals surface area contributed by atoms with Crippen LogP contribution in [0.1, 0.15) is 37.9 Å². The van der Waals surface area contributed by atoms with Crippen molar-refractivity contribution in [2.75, 3.05) is 20.8 Å². The van der Waals surface area contributed by atoms with Gasteiger partial charge in [-0.3, -0.25) is 15.0 Å². The average molecular weight is 431 g/mol. The molecule has 0 bridgehead atoms. The molecular formula is C20H29F4N5O. The second-order valence-corrected chi connectivity index (χ2v) is 8.63. The van der Waals surface area contributed by atoms with Crippen molar-refractivity contribution in [3.8, 4) is 0 Å². The minimum Gasteiger partial charge on any atom is -0.327 e. The van der Waals surface area contributed by atoms with Crippen LogP contribution in [0.5, 0.6) is 0 Å². The highest BCUT2D eigenvalue weighted by molar-refractivity contribution is 5.81. The molecular weight excluding hydrogens is 402 g/mol. The van der Waals surface area contributed by atoms with Gasteiger partial charge in [0.2, 0.25) is 5.91 Å². The quantitative estimate of drug-likeness (QED) is 0.604. The van der Waals surface area contributed by atoms with Crippen LogP contribution in [-0.4, -0.2) is 55.1 Å². The first kappa shape index (κ1) is 22.9.